The van der Waals surface area contributed by atoms with Gasteiger partial charge >= 0.3 is 0 Å². The van der Waals surface area contributed by atoms with Crippen LogP contribution in [-0.2, 0) is 9.84 Å². The highest BCUT2D eigenvalue weighted by molar-refractivity contribution is 7.91. The Morgan fingerprint density at radius 1 is 1.36 bits per heavy atom. The molecular weight excluding hydrogens is 198 g/mol. The molecule has 0 aliphatic heterocycles. The van der Waals surface area contributed by atoms with Gasteiger partial charge in [0.2, 0.25) is 0 Å². The Bertz CT molecular complexity index is 261. The predicted octanol–water partition coefficient (Wildman–Crippen LogP) is 1.06. The van der Waals surface area contributed by atoms with Gasteiger partial charge in [-0.05, 0) is 31.2 Å². The normalized spacial score (nSPS) is 26.4. The molecule has 0 amide bonds. The zero-order valence-corrected chi connectivity index (χ0v) is 9.94. The average Bonchev–Trinajstić information content (AvgIpc) is 2.76. The molecule has 1 aliphatic carbocycles. The Morgan fingerprint density at radius 2 is 2.00 bits per heavy atom. The fraction of sp³-hybridized carbons (Fsp3) is 1.00. The third kappa shape index (κ3) is 4.42. The maximum absolute atomic E-state index is 11.3. The maximum Gasteiger partial charge on any atom is 0.151 e. The van der Waals surface area contributed by atoms with E-state index in [1.165, 1.54) is 6.42 Å². The lowest BCUT2D eigenvalue weighted by atomic mass is 10.3. The van der Waals surface area contributed by atoms with Crippen molar-refractivity contribution in [2.75, 3.05) is 24.6 Å². The zero-order chi connectivity index (χ0) is 10.6. The third-order valence-corrected chi connectivity index (χ3v) is 4.64. The first-order chi connectivity index (χ1) is 6.55. The van der Waals surface area contributed by atoms with Crippen molar-refractivity contribution in [3.05, 3.63) is 0 Å². The van der Waals surface area contributed by atoms with Crippen molar-refractivity contribution < 1.29 is 8.42 Å². The molecule has 0 aromatic heterocycles. The molecule has 2 atom stereocenters. The summed E-state index contributed by atoms with van der Waals surface area (Å²) < 4.78 is 22.6. The lowest BCUT2D eigenvalue weighted by Gasteiger charge is -2.04. The van der Waals surface area contributed by atoms with E-state index in [1.54, 1.807) is 0 Å². The molecular formula is C10H21NO2S. The molecule has 0 spiro atoms. The molecule has 0 saturated heterocycles. The van der Waals surface area contributed by atoms with Crippen molar-refractivity contribution in [1.82, 2.24) is 5.32 Å². The van der Waals surface area contributed by atoms with Gasteiger partial charge in [0, 0.05) is 12.3 Å². The quantitative estimate of drug-likeness (QED) is 0.651. The summed E-state index contributed by atoms with van der Waals surface area (Å²) in [6.07, 6.45) is 2.02. The molecule has 4 heteroatoms. The van der Waals surface area contributed by atoms with E-state index in [9.17, 15) is 8.42 Å². The molecule has 2 unspecified atom stereocenters. The van der Waals surface area contributed by atoms with E-state index in [4.69, 9.17) is 0 Å². The predicted molar refractivity (Wildman–Crippen MR) is 59.1 cm³/mol. The van der Waals surface area contributed by atoms with Gasteiger partial charge in [0.15, 0.2) is 9.84 Å². The van der Waals surface area contributed by atoms with Crippen molar-refractivity contribution >= 4 is 9.84 Å². The van der Waals surface area contributed by atoms with Crippen LogP contribution in [0.4, 0.5) is 0 Å². The van der Waals surface area contributed by atoms with Crippen molar-refractivity contribution in [3.63, 3.8) is 0 Å². The molecule has 84 valence electrons. The van der Waals surface area contributed by atoms with E-state index in [0.29, 0.717) is 18.1 Å². The number of sulfone groups is 1. The average molecular weight is 219 g/mol. The Hall–Kier alpha value is -0.0900. The van der Waals surface area contributed by atoms with Gasteiger partial charge in [0.25, 0.3) is 0 Å². The molecule has 1 saturated carbocycles. The van der Waals surface area contributed by atoms with Crippen LogP contribution in [0.3, 0.4) is 0 Å². The number of nitrogens with one attached hydrogen (secondary N) is 1. The van der Waals surface area contributed by atoms with Crippen LogP contribution in [0.2, 0.25) is 0 Å². The minimum Gasteiger partial charge on any atom is -0.315 e. The molecule has 1 rings (SSSR count). The van der Waals surface area contributed by atoms with Gasteiger partial charge in [-0.2, -0.15) is 0 Å². The summed E-state index contributed by atoms with van der Waals surface area (Å²) in [6, 6.07) is 0. The maximum atomic E-state index is 11.3. The lowest BCUT2D eigenvalue weighted by molar-refractivity contribution is 0.583. The van der Waals surface area contributed by atoms with E-state index in [1.807, 2.05) is 6.92 Å². The van der Waals surface area contributed by atoms with Crippen LogP contribution < -0.4 is 5.32 Å². The smallest absolute Gasteiger partial charge is 0.151 e. The number of rotatable bonds is 7. The van der Waals surface area contributed by atoms with E-state index >= 15 is 0 Å². The van der Waals surface area contributed by atoms with Crippen LogP contribution in [0.1, 0.15) is 26.7 Å². The summed E-state index contributed by atoms with van der Waals surface area (Å²) in [5, 5.41) is 3.21. The second kappa shape index (κ2) is 5.12. The van der Waals surface area contributed by atoms with E-state index in [-0.39, 0.29) is 0 Å². The molecule has 0 radical (unpaired) electrons. The summed E-state index contributed by atoms with van der Waals surface area (Å²) in [4.78, 5) is 0. The first-order valence-electron chi connectivity index (χ1n) is 5.46. The van der Waals surface area contributed by atoms with Crippen molar-refractivity contribution in [1.29, 1.82) is 0 Å². The second-order valence-corrected chi connectivity index (χ2v) is 6.63. The molecule has 14 heavy (non-hydrogen) atoms. The lowest BCUT2D eigenvalue weighted by Crippen LogP contribution is -2.26. The standard InChI is InChI=1S/C10H21NO2S/c1-3-5-14(12,13)6-4-11-8-10-7-9(10)2/h9-11H,3-8H2,1-2H3. The van der Waals surface area contributed by atoms with Gasteiger partial charge in [-0.1, -0.05) is 13.8 Å². The Labute approximate surface area is 87.2 Å². The summed E-state index contributed by atoms with van der Waals surface area (Å²) in [6.45, 7) is 5.74. The van der Waals surface area contributed by atoms with Crippen molar-refractivity contribution in [2.24, 2.45) is 11.8 Å². The van der Waals surface area contributed by atoms with Gasteiger partial charge in [0.1, 0.15) is 0 Å². The largest absolute Gasteiger partial charge is 0.315 e. The highest BCUT2D eigenvalue weighted by Crippen LogP contribution is 2.36. The van der Waals surface area contributed by atoms with E-state index in [2.05, 4.69) is 12.2 Å². The third-order valence-electron chi connectivity index (χ3n) is 2.79. The topological polar surface area (TPSA) is 46.2 Å². The van der Waals surface area contributed by atoms with Gasteiger partial charge in [-0.3, -0.25) is 0 Å². The number of hydrogen-bond donors (Lipinski definition) is 1. The Balaban J connectivity index is 2.03. The SMILES string of the molecule is CCCS(=O)(=O)CCNCC1CC1C. The van der Waals surface area contributed by atoms with E-state index < -0.39 is 9.84 Å². The molecule has 1 N–H and O–H groups in total. The highest BCUT2D eigenvalue weighted by atomic mass is 32.2. The van der Waals surface area contributed by atoms with Crippen molar-refractivity contribution in [2.45, 2.75) is 26.7 Å². The zero-order valence-electron chi connectivity index (χ0n) is 9.12. The monoisotopic (exact) mass is 219 g/mol. The Kier molecular flexibility index (Phi) is 4.38. The van der Waals surface area contributed by atoms with Crippen LogP contribution in [0.25, 0.3) is 0 Å². The van der Waals surface area contributed by atoms with Crippen LogP contribution in [-0.4, -0.2) is 33.0 Å². The minimum atomic E-state index is -2.79. The molecule has 1 aliphatic rings. The molecule has 1 fully saturated rings. The second-order valence-electron chi connectivity index (χ2n) is 4.33. The fourth-order valence-electron chi connectivity index (χ4n) is 1.61. The first kappa shape index (κ1) is 12.0. The van der Waals surface area contributed by atoms with Crippen LogP contribution in [0.15, 0.2) is 0 Å². The molecule has 0 heterocycles. The summed E-state index contributed by atoms with van der Waals surface area (Å²) in [5.74, 6) is 2.26. The van der Waals surface area contributed by atoms with Gasteiger partial charge in [-0.15, -0.1) is 0 Å². The highest BCUT2D eigenvalue weighted by Gasteiger charge is 2.31. The molecule has 0 aromatic rings. The van der Waals surface area contributed by atoms with Gasteiger partial charge in [0.05, 0.1) is 5.75 Å². The van der Waals surface area contributed by atoms with Crippen LogP contribution in [0, 0.1) is 11.8 Å². The van der Waals surface area contributed by atoms with Crippen molar-refractivity contribution in [3.8, 4) is 0 Å². The summed E-state index contributed by atoms with van der Waals surface area (Å²) in [5.41, 5.74) is 0. The first-order valence-corrected chi connectivity index (χ1v) is 7.28. The Morgan fingerprint density at radius 3 is 2.50 bits per heavy atom. The molecule has 0 aromatic carbocycles. The van der Waals surface area contributed by atoms with Crippen LogP contribution in [0.5, 0.6) is 0 Å². The van der Waals surface area contributed by atoms with E-state index in [0.717, 1.165) is 24.8 Å². The molecule has 0 bridgehead atoms. The van der Waals surface area contributed by atoms with Gasteiger partial charge < -0.3 is 5.32 Å². The number of hydrogen-bond acceptors (Lipinski definition) is 3. The summed E-state index contributed by atoms with van der Waals surface area (Å²) in [7, 11) is -2.79. The molecule has 3 nitrogen and oxygen atoms in total. The van der Waals surface area contributed by atoms with Gasteiger partial charge in [-0.25, -0.2) is 8.42 Å². The van der Waals surface area contributed by atoms with Crippen LogP contribution >= 0.6 is 0 Å². The minimum absolute atomic E-state index is 0.294. The summed E-state index contributed by atoms with van der Waals surface area (Å²) >= 11 is 0. The fourth-order valence-corrected chi connectivity index (χ4v) is 2.89.